The van der Waals surface area contributed by atoms with Gasteiger partial charge in [-0.1, -0.05) is 48.2 Å². The van der Waals surface area contributed by atoms with E-state index >= 15 is 0 Å². The van der Waals surface area contributed by atoms with Crippen molar-refractivity contribution in [3.8, 4) is 11.5 Å². The maximum absolute atomic E-state index is 13.9. The van der Waals surface area contributed by atoms with E-state index in [4.69, 9.17) is 9.47 Å². The summed E-state index contributed by atoms with van der Waals surface area (Å²) in [4.78, 5) is 75.9. The van der Waals surface area contributed by atoms with Crippen LogP contribution in [0.4, 0.5) is 43.7 Å². The van der Waals surface area contributed by atoms with E-state index < -0.39 is 29.7 Å². The SMILES string of the molecule is CCOC(=O)C1=C(Nc2ccccc2)S/C(=C\c2ccc(OCc3cccc(NC(=O)c4cc(NC(=O)Nc5ccc(C6=NCCN6)cc5)cc(NC(=O)Nc5ccc(C6=NCCN6)cc5)c4)c3)c(O)c2)C1=O. The molecular weight excluding hydrogens is 949 g/mol. The number of ketones is 1. The van der Waals surface area contributed by atoms with E-state index in [1.807, 2.05) is 54.6 Å². The van der Waals surface area contributed by atoms with E-state index in [-0.39, 0.29) is 52.1 Å². The Morgan fingerprint density at radius 2 is 1.26 bits per heavy atom. The standard InChI is InChI=1S/C54H48N10O8S/c1-2-71-52(68)46-47(66)45(73-51(46)60-37-8-4-3-5-9-37)27-32-11-20-44(43(65)26-32)72-31-33-7-6-10-40(25-33)59-50(67)36-28-41(63-53(69)61-38-16-12-34(13-17-38)48-55-21-22-56-48)30-42(29-36)64-54(70)62-39-18-14-35(15-19-39)49-57-23-24-58-49/h3-20,25-30,60,65H,2,21-24,31H2,1H3,(H,55,56)(H,57,58)(H,59,67)(H2,61,63,69)(H2,62,64,70)/b45-27-. The minimum Gasteiger partial charge on any atom is -0.504 e. The van der Waals surface area contributed by atoms with Gasteiger partial charge in [0.25, 0.3) is 5.91 Å². The predicted octanol–water partition coefficient (Wildman–Crippen LogP) is 8.75. The number of esters is 1. The summed E-state index contributed by atoms with van der Waals surface area (Å²) in [6.07, 6.45) is 1.58. The van der Waals surface area contributed by atoms with Gasteiger partial charge in [0, 0.05) is 63.9 Å². The third-order valence-electron chi connectivity index (χ3n) is 11.2. The molecule has 6 aromatic carbocycles. The van der Waals surface area contributed by atoms with Gasteiger partial charge in [0.05, 0.1) is 29.6 Å². The number of phenols is 1. The number of benzene rings is 6. The second-order valence-electron chi connectivity index (χ2n) is 16.5. The van der Waals surface area contributed by atoms with Crippen LogP contribution in [-0.4, -0.2) is 79.3 Å². The highest BCUT2D eigenvalue weighted by atomic mass is 32.2. The fourth-order valence-corrected chi connectivity index (χ4v) is 8.81. The normalized spacial score (nSPS) is 14.3. The first kappa shape index (κ1) is 48.7. The van der Waals surface area contributed by atoms with Crippen molar-refractivity contribution in [2.75, 3.05) is 64.7 Å². The number of amides is 5. The molecule has 3 heterocycles. The van der Waals surface area contributed by atoms with Crippen LogP contribution in [0.25, 0.3) is 6.08 Å². The Labute approximate surface area is 423 Å². The molecule has 0 fully saturated rings. The number of allylic oxidation sites excluding steroid dienone is 1. The molecule has 9 N–H and O–H groups in total. The molecule has 0 saturated carbocycles. The molecule has 5 amide bonds. The average molecular weight is 997 g/mol. The summed E-state index contributed by atoms with van der Waals surface area (Å²) in [5.74, 6) is -0.223. The molecule has 0 unspecified atom stereocenters. The molecule has 19 heteroatoms. The van der Waals surface area contributed by atoms with E-state index in [1.54, 1.807) is 73.7 Å². The smallest absolute Gasteiger partial charge is 0.344 e. The maximum Gasteiger partial charge on any atom is 0.344 e. The van der Waals surface area contributed by atoms with Crippen LogP contribution in [0.1, 0.15) is 39.5 Å². The molecule has 368 valence electrons. The van der Waals surface area contributed by atoms with Crippen molar-refractivity contribution >= 4 is 93.4 Å². The van der Waals surface area contributed by atoms with Crippen molar-refractivity contribution < 1.29 is 38.6 Å². The molecule has 0 saturated heterocycles. The minimum absolute atomic E-state index is 0.00775. The Morgan fingerprint density at radius 1 is 0.658 bits per heavy atom. The van der Waals surface area contributed by atoms with Crippen LogP contribution in [0.5, 0.6) is 11.5 Å². The number of nitrogens with one attached hydrogen (secondary N) is 8. The predicted molar refractivity (Wildman–Crippen MR) is 285 cm³/mol. The number of hydrogen-bond donors (Lipinski definition) is 9. The lowest BCUT2D eigenvalue weighted by atomic mass is 10.1. The highest BCUT2D eigenvalue weighted by molar-refractivity contribution is 8.08. The first-order valence-corrected chi connectivity index (χ1v) is 24.0. The van der Waals surface area contributed by atoms with Crippen LogP contribution < -0.4 is 47.3 Å². The number of amidine groups is 2. The van der Waals surface area contributed by atoms with E-state index in [0.29, 0.717) is 52.0 Å². The second kappa shape index (κ2) is 22.6. The number of urea groups is 2. The maximum atomic E-state index is 13.9. The summed E-state index contributed by atoms with van der Waals surface area (Å²) in [6.45, 7) is 4.70. The summed E-state index contributed by atoms with van der Waals surface area (Å²) in [5.41, 5.74) is 5.53. The van der Waals surface area contributed by atoms with Crippen molar-refractivity contribution in [1.29, 1.82) is 0 Å². The van der Waals surface area contributed by atoms with Crippen LogP contribution in [0, 0.1) is 0 Å². The number of Topliss-reactive ketones (excluding diaryl/α,β-unsaturated/α-hetero) is 1. The van der Waals surface area contributed by atoms with Gasteiger partial charge >= 0.3 is 18.0 Å². The molecule has 0 bridgehead atoms. The Morgan fingerprint density at radius 3 is 1.84 bits per heavy atom. The molecule has 3 aliphatic heterocycles. The monoisotopic (exact) mass is 996 g/mol. The molecule has 73 heavy (non-hydrogen) atoms. The summed E-state index contributed by atoms with van der Waals surface area (Å²) in [7, 11) is 0. The fourth-order valence-electron chi connectivity index (χ4n) is 7.75. The zero-order valence-corrected chi connectivity index (χ0v) is 40.0. The molecule has 9 rings (SSSR count). The number of thioether (sulfide) groups is 1. The van der Waals surface area contributed by atoms with Gasteiger partial charge in [0.2, 0.25) is 5.78 Å². The molecule has 0 atom stereocenters. The molecule has 0 aliphatic carbocycles. The molecule has 0 radical (unpaired) electrons. The zero-order chi connectivity index (χ0) is 50.7. The van der Waals surface area contributed by atoms with Crippen molar-refractivity contribution in [2.45, 2.75) is 13.5 Å². The number of hydrogen-bond acceptors (Lipinski definition) is 14. The molecule has 18 nitrogen and oxygen atoms in total. The van der Waals surface area contributed by atoms with E-state index in [1.165, 1.54) is 24.3 Å². The lowest BCUT2D eigenvalue weighted by molar-refractivity contribution is -0.139. The Hall–Kier alpha value is -9.36. The Bertz CT molecular complexity index is 3130. The van der Waals surface area contributed by atoms with Crippen LogP contribution in [-0.2, 0) is 20.9 Å². The van der Waals surface area contributed by atoms with Gasteiger partial charge < -0.3 is 57.1 Å². The first-order chi connectivity index (χ1) is 35.5. The van der Waals surface area contributed by atoms with Gasteiger partial charge in [0.15, 0.2) is 11.5 Å². The van der Waals surface area contributed by atoms with E-state index in [9.17, 15) is 29.1 Å². The molecule has 0 spiro atoms. The highest BCUT2D eigenvalue weighted by Crippen LogP contribution is 2.41. The van der Waals surface area contributed by atoms with Crippen LogP contribution in [0.3, 0.4) is 0 Å². The minimum atomic E-state index is -0.734. The summed E-state index contributed by atoms with van der Waals surface area (Å²) in [5, 5.41) is 34.9. The second-order valence-corrected chi connectivity index (χ2v) is 17.5. The lowest BCUT2D eigenvalue weighted by Crippen LogP contribution is -2.22. The topological polar surface area (TPSA) is 245 Å². The van der Waals surface area contributed by atoms with E-state index in [2.05, 4.69) is 52.5 Å². The number of para-hydroxylation sites is 1. The van der Waals surface area contributed by atoms with Gasteiger partial charge in [-0.25, -0.2) is 14.4 Å². The third kappa shape index (κ3) is 12.5. The molecular formula is C54H48N10O8S. The van der Waals surface area contributed by atoms with Crippen molar-refractivity contribution in [3.05, 3.63) is 183 Å². The van der Waals surface area contributed by atoms with Gasteiger partial charge in [-0.15, -0.1) is 0 Å². The lowest BCUT2D eigenvalue weighted by Gasteiger charge is -2.14. The summed E-state index contributed by atoms with van der Waals surface area (Å²) in [6, 6.07) is 38.5. The van der Waals surface area contributed by atoms with Gasteiger partial charge in [-0.3, -0.25) is 19.6 Å². The average Bonchev–Trinajstić information content (AvgIpc) is 4.19. The molecule has 3 aliphatic rings. The quantitative estimate of drug-likeness (QED) is 0.0251. The first-order valence-electron chi connectivity index (χ1n) is 23.2. The molecule has 6 aromatic rings. The highest BCUT2D eigenvalue weighted by Gasteiger charge is 2.35. The zero-order valence-electron chi connectivity index (χ0n) is 39.2. The van der Waals surface area contributed by atoms with Crippen molar-refractivity contribution in [3.63, 3.8) is 0 Å². The van der Waals surface area contributed by atoms with Gasteiger partial charge in [-0.05, 0) is 127 Å². The number of aliphatic imine (C=N–C) groups is 2. The number of ether oxygens (including phenoxy) is 2. The Balaban J connectivity index is 0.859. The van der Waals surface area contributed by atoms with Crippen LogP contribution in [0.2, 0.25) is 0 Å². The van der Waals surface area contributed by atoms with Crippen molar-refractivity contribution in [2.24, 2.45) is 9.98 Å². The van der Waals surface area contributed by atoms with Crippen LogP contribution >= 0.6 is 11.8 Å². The summed E-state index contributed by atoms with van der Waals surface area (Å²) >= 11 is 1.09. The number of carbonyl (C=O) groups is 5. The fraction of sp³-hybridized carbons (Fsp3) is 0.130. The third-order valence-corrected chi connectivity index (χ3v) is 12.2. The number of phenolic OH excluding ortho intramolecular Hbond substituents is 1. The summed E-state index contributed by atoms with van der Waals surface area (Å²) < 4.78 is 11.2. The number of aromatic hydroxyl groups is 1. The number of rotatable bonds is 16. The van der Waals surface area contributed by atoms with Gasteiger partial charge in [0.1, 0.15) is 23.9 Å². The number of nitrogens with zero attached hydrogens (tertiary/aromatic N) is 2. The van der Waals surface area contributed by atoms with Crippen LogP contribution in [0.15, 0.2) is 165 Å². The van der Waals surface area contributed by atoms with E-state index in [0.717, 1.165) is 47.6 Å². The Kier molecular flexibility index (Phi) is 15.1. The van der Waals surface area contributed by atoms with Crippen molar-refractivity contribution in [1.82, 2.24) is 10.6 Å². The largest absolute Gasteiger partial charge is 0.504 e. The number of anilines is 6. The molecule has 0 aromatic heterocycles. The number of carbonyl (C=O) groups excluding carboxylic acids is 5. The van der Waals surface area contributed by atoms with Gasteiger partial charge in [-0.2, -0.15) is 0 Å².